The monoisotopic (exact) mass is 633 g/mol. The number of nitrogens with one attached hydrogen (secondary N) is 1. The number of ether oxygens (including phenoxy) is 2. The van der Waals surface area contributed by atoms with Gasteiger partial charge in [-0.25, -0.2) is 0 Å². The van der Waals surface area contributed by atoms with Crippen LogP contribution in [-0.4, -0.2) is 57.3 Å². The molecule has 1 aliphatic rings. The van der Waals surface area contributed by atoms with Gasteiger partial charge < -0.3 is 13.9 Å². The molecule has 0 spiro atoms. The van der Waals surface area contributed by atoms with Gasteiger partial charge in [0, 0.05) is 38.7 Å². The lowest BCUT2D eigenvalue weighted by atomic mass is 9.86. The summed E-state index contributed by atoms with van der Waals surface area (Å²) in [5, 5.41) is 2.32. The SMILES string of the molecule is C=CCCCCC(=O)OC(C(C)=C[C@@H](C)[C@H](O[Si](C)(C)C(C)(C)C)[C@H](C=C)OC)[C@H](C)C(=O)CCCC1CC(=O)NC(=O)C1. The van der Waals surface area contributed by atoms with Gasteiger partial charge in [0.2, 0.25) is 11.8 Å². The molecule has 0 aromatic rings. The lowest BCUT2D eigenvalue weighted by molar-refractivity contribution is -0.151. The van der Waals surface area contributed by atoms with Crippen molar-refractivity contribution in [2.45, 2.75) is 136 Å². The van der Waals surface area contributed by atoms with Gasteiger partial charge >= 0.3 is 5.97 Å². The summed E-state index contributed by atoms with van der Waals surface area (Å²) in [5.74, 6) is -1.62. The topological polar surface area (TPSA) is 108 Å². The van der Waals surface area contributed by atoms with Gasteiger partial charge in [0.15, 0.2) is 8.32 Å². The van der Waals surface area contributed by atoms with E-state index in [1.165, 1.54) is 0 Å². The van der Waals surface area contributed by atoms with Crippen LogP contribution in [0, 0.1) is 17.8 Å². The number of carbonyl (C=O) groups excluding carboxylic acids is 4. The highest BCUT2D eigenvalue weighted by Crippen LogP contribution is 2.39. The van der Waals surface area contributed by atoms with Crippen LogP contribution in [0.4, 0.5) is 0 Å². The highest BCUT2D eigenvalue weighted by molar-refractivity contribution is 6.74. The molecule has 8 nitrogen and oxygen atoms in total. The van der Waals surface area contributed by atoms with Crippen molar-refractivity contribution >= 4 is 31.9 Å². The Morgan fingerprint density at radius 3 is 2.18 bits per heavy atom. The van der Waals surface area contributed by atoms with E-state index in [2.05, 4.69) is 59.3 Å². The summed E-state index contributed by atoms with van der Waals surface area (Å²) in [6.07, 6.45) is 8.93. The fourth-order valence-corrected chi connectivity index (χ4v) is 6.71. The van der Waals surface area contributed by atoms with Gasteiger partial charge in [0.05, 0.1) is 12.0 Å². The Morgan fingerprint density at radius 1 is 1.05 bits per heavy atom. The number of methoxy groups -OCH3 is 1. The van der Waals surface area contributed by atoms with Gasteiger partial charge in [0.1, 0.15) is 18.0 Å². The third kappa shape index (κ3) is 12.9. The van der Waals surface area contributed by atoms with Crippen LogP contribution in [0.5, 0.6) is 0 Å². The van der Waals surface area contributed by atoms with Crippen molar-refractivity contribution in [3.63, 3.8) is 0 Å². The van der Waals surface area contributed by atoms with Crippen LogP contribution in [0.15, 0.2) is 37.0 Å². The first-order chi connectivity index (χ1) is 20.5. The zero-order valence-electron chi connectivity index (χ0n) is 28.8. The quantitative estimate of drug-likeness (QED) is 0.0495. The first-order valence-electron chi connectivity index (χ1n) is 16.1. The molecule has 44 heavy (non-hydrogen) atoms. The molecule has 2 amide bonds. The molecular formula is C35H59NO7Si. The van der Waals surface area contributed by atoms with Crippen molar-refractivity contribution in [2.24, 2.45) is 17.8 Å². The predicted octanol–water partition coefficient (Wildman–Crippen LogP) is 7.25. The molecule has 1 rings (SSSR count). The summed E-state index contributed by atoms with van der Waals surface area (Å²) >= 11 is 0. The number of hydrogen-bond acceptors (Lipinski definition) is 7. The summed E-state index contributed by atoms with van der Waals surface area (Å²) in [6.45, 7) is 24.4. The Hall–Kier alpha value is -2.36. The zero-order chi connectivity index (χ0) is 33.7. The van der Waals surface area contributed by atoms with Crippen molar-refractivity contribution in [3.8, 4) is 0 Å². The Morgan fingerprint density at radius 2 is 1.66 bits per heavy atom. The van der Waals surface area contributed by atoms with Crippen LogP contribution in [0.3, 0.4) is 0 Å². The molecule has 9 heteroatoms. The highest BCUT2D eigenvalue weighted by Gasteiger charge is 2.42. The minimum atomic E-state index is -2.18. The molecule has 1 fully saturated rings. The Labute approximate surface area is 267 Å². The standard InChI is InChI=1S/C35H59NO7Si/c1-12-14-15-16-20-32(40)42-33(26(5)28(37)19-17-18-27-22-30(38)36-31(39)23-27)24(3)21-25(4)34(29(13-2)41-9)43-44(10,11)35(6,7)8/h12-13,21,25-27,29,33-34H,1-2,14-20,22-23H2,3-11H3,(H,36,38,39)/t25-,26-,29+,33?,34+/m1/s1. The molecule has 1 aliphatic heterocycles. The molecule has 0 aromatic heterocycles. The van der Waals surface area contributed by atoms with Crippen molar-refractivity contribution in [1.82, 2.24) is 5.32 Å². The second kappa shape index (κ2) is 18.6. The van der Waals surface area contributed by atoms with Gasteiger partial charge in [0.25, 0.3) is 0 Å². The fraction of sp³-hybridized carbons (Fsp3) is 0.714. The second-order valence-corrected chi connectivity index (χ2v) is 18.6. The summed E-state index contributed by atoms with van der Waals surface area (Å²) in [5.41, 5.74) is 0.787. The molecule has 250 valence electrons. The number of piperidine rings is 1. The first kappa shape index (κ1) is 39.7. The van der Waals surface area contributed by atoms with Crippen LogP contribution >= 0.6 is 0 Å². The number of ketones is 1. The first-order valence-corrected chi connectivity index (χ1v) is 19.0. The van der Waals surface area contributed by atoms with Gasteiger partial charge in [-0.2, -0.15) is 0 Å². The lowest BCUT2D eigenvalue weighted by Gasteiger charge is -2.42. The van der Waals surface area contributed by atoms with E-state index in [-0.39, 0.29) is 65.5 Å². The van der Waals surface area contributed by atoms with Crippen molar-refractivity contribution in [3.05, 3.63) is 37.0 Å². The molecule has 0 aromatic carbocycles. The van der Waals surface area contributed by atoms with E-state index >= 15 is 0 Å². The number of rotatable bonds is 20. The van der Waals surface area contributed by atoms with Gasteiger partial charge in [-0.15, -0.1) is 13.2 Å². The largest absolute Gasteiger partial charge is 0.457 e. The lowest BCUT2D eigenvalue weighted by Crippen LogP contribution is -2.49. The van der Waals surface area contributed by atoms with Crippen molar-refractivity contribution < 1.29 is 33.1 Å². The second-order valence-electron chi connectivity index (χ2n) is 13.9. The minimum Gasteiger partial charge on any atom is -0.457 e. The third-order valence-electron chi connectivity index (χ3n) is 9.08. The maximum absolute atomic E-state index is 13.4. The van der Waals surface area contributed by atoms with Crippen molar-refractivity contribution in [1.29, 1.82) is 0 Å². The molecule has 0 radical (unpaired) electrons. The van der Waals surface area contributed by atoms with Gasteiger partial charge in [-0.3, -0.25) is 24.5 Å². The maximum atomic E-state index is 13.4. The predicted molar refractivity (Wildman–Crippen MR) is 178 cm³/mol. The number of unbranched alkanes of at least 4 members (excludes halogenated alkanes) is 2. The number of carbonyl (C=O) groups is 4. The molecule has 5 atom stereocenters. The van der Waals surface area contributed by atoms with E-state index in [0.29, 0.717) is 32.1 Å². The maximum Gasteiger partial charge on any atom is 0.306 e. The number of imide groups is 1. The van der Waals surface area contributed by atoms with E-state index in [1.807, 2.05) is 26.0 Å². The Balaban J connectivity index is 3.19. The van der Waals surface area contributed by atoms with Crippen LogP contribution in [0.25, 0.3) is 0 Å². The smallest absolute Gasteiger partial charge is 0.306 e. The fourth-order valence-electron chi connectivity index (χ4n) is 5.33. The average molecular weight is 634 g/mol. The minimum absolute atomic E-state index is 0.0114. The molecular weight excluding hydrogens is 574 g/mol. The molecule has 1 N–H and O–H groups in total. The number of hydrogen-bond donors (Lipinski definition) is 1. The van der Waals surface area contributed by atoms with Crippen LogP contribution in [0.2, 0.25) is 18.1 Å². The molecule has 0 saturated carbocycles. The van der Waals surface area contributed by atoms with E-state index in [1.54, 1.807) is 13.2 Å². The van der Waals surface area contributed by atoms with Crippen LogP contribution in [0.1, 0.15) is 99.3 Å². The van der Waals surface area contributed by atoms with E-state index in [4.69, 9.17) is 13.9 Å². The van der Waals surface area contributed by atoms with E-state index in [9.17, 15) is 19.2 Å². The van der Waals surface area contributed by atoms with Crippen LogP contribution < -0.4 is 5.32 Å². The average Bonchev–Trinajstić information content (AvgIpc) is 2.92. The van der Waals surface area contributed by atoms with Crippen molar-refractivity contribution in [2.75, 3.05) is 7.11 Å². The molecule has 0 bridgehead atoms. The van der Waals surface area contributed by atoms with Gasteiger partial charge in [-0.05, 0) is 68.7 Å². The number of amides is 2. The summed E-state index contributed by atoms with van der Waals surface area (Å²) in [7, 11) is -0.536. The normalized spacial score (nSPS) is 18.5. The molecule has 1 heterocycles. The third-order valence-corrected chi connectivity index (χ3v) is 13.6. The van der Waals surface area contributed by atoms with E-state index in [0.717, 1.165) is 18.4 Å². The number of Topliss-reactive ketones (excluding diaryl/α,β-unsaturated/α-hetero) is 1. The molecule has 1 saturated heterocycles. The summed E-state index contributed by atoms with van der Waals surface area (Å²) < 4.78 is 18.6. The van der Waals surface area contributed by atoms with Crippen LogP contribution in [-0.2, 0) is 33.1 Å². The Kier molecular flexibility index (Phi) is 16.7. The van der Waals surface area contributed by atoms with Gasteiger partial charge in [-0.1, -0.05) is 52.8 Å². The zero-order valence-corrected chi connectivity index (χ0v) is 29.8. The highest BCUT2D eigenvalue weighted by atomic mass is 28.4. The Bertz CT molecular complexity index is 1010. The summed E-state index contributed by atoms with van der Waals surface area (Å²) in [4.78, 5) is 49.8. The molecule has 0 aliphatic carbocycles. The number of allylic oxidation sites excluding steroid dienone is 1. The summed E-state index contributed by atoms with van der Waals surface area (Å²) in [6, 6.07) is 0. The molecule has 1 unspecified atom stereocenters. The van der Waals surface area contributed by atoms with E-state index < -0.39 is 20.3 Å². The number of esters is 1.